The maximum atomic E-state index is 12.5. The first-order valence-corrected chi connectivity index (χ1v) is 11.2. The van der Waals surface area contributed by atoms with Crippen LogP contribution in [0.15, 0.2) is 53.4 Å². The Morgan fingerprint density at radius 2 is 1.80 bits per heavy atom. The third-order valence-corrected chi connectivity index (χ3v) is 6.15. The molecule has 1 aliphatic heterocycles. The minimum absolute atomic E-state index is 0.0389. The molecule has 2 amide bonds. The van der Waals surface area contributed by atoms with Crippen LogP contribution in [0.2, 0.25) is 0 Å². The Kier molecular flexibility index (Phi) is 6.73. The Labute approximate surface area is 176 Å². The van der Waals surface area contributed by atoms with Gasteiger partial charge in [-0.2, -0.15) is 0 Å². The van der Waals surface area contributed by atoms with Crippen molar-refractivity contribution < 1.29 is 22.7 Å². The van der Waals surface area contributed by atoms with Gasteiger partial charge in [-0.3, -0.25) is 9.59 Å². The first-order chi connectivity index (χ1) is 14.3. The molecular formula is C21H25N3O5S. The molecule has 8 nitrogen and oxygen atoms in total. The first-order valence-electron chi connectivity index (χ1n) is 9.69. The first kappa shape index (κ1) is 21.8. The van der Waals surface area contributed by atoms with E-state index in [4.69, 9.17) is 4.74 Å². The zero-order valence-electron chi connectivity index (χ0n) is 16.9. The highest BCUT2D eigenvalue weighted by atomic mass is 32.2. The molecule has 30 heavy (non-hydrogen) atoms. The monoisotopic (exact) mass is 431 g/mol. The predicted molar refractivity (Wildman–Crippen MR) is 114 cm³/mol. The number of benzene rings is 2. The Bertz CT molecular complexity index is 1000. The van der Waals surface area contributed by atoms with E-state index in [1.165, 1.54) is 31.2 Å². The van der Waals surface area contributed by atoms with Crippen LogP contribution in [-0.2, 0) is 19.6 Å². The van der Waals surface area contributed by atoms with Crippen molar-refractivity contribution in [2.24, 2.45) is 5.92 Å². The second-order valence-corrected chi connectivity index (χ2v) is 8.83. The Morgan fingerprint density at radius 3 is 2.40 bits per heavy atom. The summed E-state index contributed by atoms with van der Waals surface area (Å²) in [6, 6.07) is 13.2. The summed E-state index contributed by atoms with van der Waals surface area (Å²) in [5, 5.41) is 2.59. The number of hydrogen-bond donors (Lipinski definition) is 2. The highest BCUT2D eigenvalue weighted by molar-refractivity contribution is 7.89. The third-order valence-electron chi connectivity index (χ3n) is 4.71. The Balaban J connectivity index is 1.59. The maximum Gasteiger partial charge on any atom is 0.240 e. The van der Waals surface area contributed by atoms with Crippen molar-refractivity contribution in [1.29, 1.82) is 0 Å². The SMILES string of the molecule is CCOc1ccc(N2C[C@H](CNS(=O)(=O)c3ccc(NC(C)=O)cc3)CC2=O)cc1. The van der Waals surface area contributed by atoms with E-state index in [0.29, 0.717) is 18.8 Å². The van der Waals surface area contributed by atoms with Crippen molar-refractivity contribution in [3.05, 3.63) is 48.5 Å². The van der Waals surface area contributed by atoms with E-state index in [-0.39, 0.29) is 35.6 Å². The van der Waals surface area contributed by atoms with Gasteiger partial charge in [-0.15, -0.1) is 0 Å². The fraction of sp³-hybridized carbons (Fsp3) is 0.333. The molecule has 1 saturated heterocycles. The smallest absolute Gasteiger partial charge is 0.240 e. The van der Waals surface area contributed by atoms with Gasteiger partial charge in [-0.05, 0) is 61.4 Å². The molecule has 1 heterocycles. The van der Waals surface area contributed by atoms with Gasteiger partial charge in [-0.25, -0.2) is 13.1 Å². The quantitative estimate of drug-likeness (QED) is 0.668. The van der Waals surface area contributed by atoms with Gasteiger partial charge in [0, 0.05) is 37.8 Å². The molecule has 0 spiro atoms. The number of nitrogens with zero attached hydrogens (tertiary/aromatic N) is 1. The van der Waals surface area contributed by atoms with Crippen molar-refractivity contribution in [2.75, 3.05) is 29.9 Å². The third kappa shape index (κ3) is 5.37. The van der Waals surface area contributed by atoms with Gasteiger partial charge in [0.1, 0.15) is 5.75 Å². The summed E-state index contributed by atoms with van der Waals surface area (Å²) in [6.45, 7) is 4.46. The summed E-state index contributed by atoms with van der Waals surface area (Å²) in [4.78, 5) is 25.2. The second-order valence-electron chi connectivity index (χ2n) is 7.06. The van der Waals surface area contributed by atoms with E-state index < -0.39 is 10.0 Å². The molecule has 0 saturated carbocycles. The van der Waals surface area contributed by atoms with Gasteiger partial charge >= 0.3 is 0 Å². The van der Waals surface area contributed by atoms with Crippen molar-refractivity contribution in [3.63, 3.8) is 0 Å². The van der Waals surface area contributed by atoms with Crippen LogP contribution in [0.4, 0.5) is 11.4 Å². The lowest BCUT2D eigenvalue weighted by molar-refractivity contribution is -0.117. The largest absolute Gasteiger partial charge is 0.494 e. The lowest BCUT2D eigenvalue weighted by Crippen LogP contribution is -2.31. The molecule has 0 radical (unpaired) electrons. The Morgan fingerprint density at radius 1 is 1.13 bits per heavy atom. The molecule has 3 rings (SSSR count). The topological polar surface area (TPSA) is 105 Å². The number of carbonyl (C=O) groups is 2. The van der Waals surface area contributed by atoms with Gasteiger partial charge < -0.3 is 15.0 Å². The minimum Gasteiger partial charge on any atom is -0.494 e. The molecule has 1 aliphatic rings. The molecule has 2 aromatic rings. The van der Waals surface area contributed by atoms with Crippen LogP contribution in [0.1, 0.15) is 20.3 Å². The zero-order valence-corrected chi connectivity index (χ0v) is 17.7. The molecule has 0 bridgehead atoms. The van der Waals surface area contributed by atoms with Crippen LogP contribution in [0.3, 0.4) is 0 Å². The fourth-order valence-corrected chi connectivity index (χ4v) is 4.40. The van der Waals surface area contributed by atoms with Crippen LogP contribution < -0.4 is 19.7 Å². The average Bonchev–Trinajstić information content (AvgIpc) is 3.08. The number of nitrogens with one attached hydrogen (secondary N) is 2. The van der Waals surface area contributed by atoms with Gasteiger partial charge in [0.05, 0.1) is 11.5 Å². The van der Waals surface area contributed by atoms with Crippen LogP contribution in [0.5, 0.6) is 5.75 Å². The van der Waals surface area contributed by atoms with Gasteiger partial charge in [0.15, 0.2) is 0 Å². The summed E-state index contributed by atoms with van der Waals surface area (Å²) in [7, 11) is -3.71. The van der Waals surface area contributed by atoms with E-state index >= 15 is 0 Å². The standard InChI is InChI=1S/C21H25N3O5S/c1-3-29-19-8-6-18(7-9-19)24-14-16(12-21(24)26)13-22-30(27,28)20-10-4-17(5-11-20)23-15(2)25/h4-11,16,22H,3,12-14H2,1-2H3,(H,23,25)/t16-/m0/s1. The number of carbonyl (C=O) groups excluding carboxylic acids is 2. The molecule has 0 aromatic heterocycles. The van der Waals surface area contributed by atoms with Crippen LogP contribution in [0, 0.1) is 5.92 Å². The highest BCUT2D eigenvalue weighted by Gasteiger charge is 2.31. The molecule has 1 fully saturated rings. The molecule has 2 N–H and O–H groups in total. The molecule has 0 unspecified atom stereocenters. The molecule has 0 aliphatic carbocycles. The number of ether oxygens (including phenoxy) is 1. The van der Waals surface area contributed by atoms with E-state index in [1.54, 1.807) is 4.90 Å². The van der Waals surface area contributed by atoms with Crippen LogP contribution in [-0.4, -0.2) is 39.9 Å². The lowest BCUT2D eigenvalue weighted by atomic mass is 10.1. The normalized spacial score (nSPS) is 16.5. The number of amides is 2. The summed E-state index contributed by atoms with van der Waals surface area (Å²) < 4.78 is 33.1. The maximum absolute atomic E-state index is 12.5. The summed E-state index contributed by atoms with van der Waals surface area (Å²) in [5.74, 6) is 0.342. The van der Waals surface area contributed by atoms with Crippen LogP contribution >= 0.6 is 0 Å². The van der Waals surface area contributed by atoms with Crippen LogP contribution in [0.25, 0.3) is 0 Å². The van der Waals surface area contributed by atoms with E-state index in [0.717, 1.165) is 11.4 Å². The summed E-state index contributed by atoms with van der Waals surface area (Å²) >= 11 is 0. The average molecular weight is 432 g/mol. The minimum atomic E-state index is -3.71. The second kappa shape index (κ2) is 9.27. The number of sulfonamides is 1. The Hall–Kier alpha value is -2.91. The van der Waals surface area contributed by atoms with Gasteiger partial charge in [0.2, 0.25) is 21.8 Å². The molecule has 160 valence electrons. The zero-order chi connectivity index (χ0) is 21.7. The van der Waals surface area contributed by atoms with Crippen molar-refractivity contribution >= 4 is 33.2 Å². The summed E-state index contributed by atoms with van der Waals surface area (Å²) in [6.07, 6.45) is 0.275. The highest BCUT2D eigenvalue weighted by Crippen LogP contribution is 2.27. The van der Waals surface area contributed by atoms with Crippen molar-refractivity contribution in [1.82, 2.24) is 4.72 Å². The van der Waals surface area contributed by atoms with E-state index in [2.05, 4.69) is 10.0 Å². The predicted octanol–water partition coefficient (Wildman–Crippen LogP) is 2.38. The van der Waals surface area contributed by atoms with Gasteiger partial charge in [-0.1, -0.05) is 0 Å². The number of anilines is 2. The molecule has 2 aromatic carbocycles. The number of hydrogen-bond acceptors (Lipinski definition) is 5. The van der Waals surface area contributed by atoms with Crippen molar-refractivity contribution in [3.8, 4) is 5.75 Å². The summed E-state index contributed by atoms with van der Waals surface area (Å²) in [5.41, 5.74) is 1.29. The lowest BCUT2D eigenvalue weighted by Gasteiger charge is -2.17. The molecule has 9 heteroatoms. The van der Waals surface area contributed by atoms with E-state index in [1.807, 2.05) is 31.2 Å². The number of rotatable bonds is 8. The van der Waals surface area contributed by atoms with Crippen molar-refractivity contribution in [2.45, 2.75) is 25.2 Å². The molecular weight excluding hydrogens is 406 g/mol. The molecule has 1 atom stereocenters. The van der Waals surface area contributed by atoms with Gasteiger partial charge in [0.25, 0.3) is 0 Å². The van der Waals surface area contributed by atoms with E-state index in [9.17, 15) is 18.0 Å². The fourth-order valence-electron chi connectivity index (χ4n) is 3.29.